The number of aromatic nitrogens is 3. The molecular formula is C10H12N4OS. The second kappa shape index (κ2) is 3.95. The van der Waals surface area contributed by atoms with Gasteiger partial charge in [-0.1, -0.05) is 5.16 Å². The Morgan fingerprint density at radius 1 is 1.56 bits per heavy atom. The largest absolute Gasteiger partial charge is 0.333 e. The average molecular weight is 236 g/mol. The van der Waals surface area contributed by atoms with Crippen molar-refractivity contribution in [1.82, 2.24) is 20.4 Å². The normalized spacial score (nSPS) is 20.4. The Morgan fingerprint density at radius 3 is 3.19 bits per heavy atom. The van der Waals surface area contributed by atoms with E-state index in [4.69, 9.17) is 4.52 Å². The molecule has 1 unspecified atom stereocenters. The van der Waals surface area contributed by atoms with Gasteiger partial charge in [-0.25, -0.2) is 4.98 Å². The number of hydrogen-bond acceptors (Lipinski definition) is 6. The van der Waals surface area contributed by atoms with Gasteiger partial charge >= 0.3 is 0 Å². The fourth-order valence-electron chi connectivity index (χ4n) is 1.88. The monoisotopic (exact) mass is 236 g/mol. The summed E-state index contributed by atoms with van der Waals surface area (Å²) in [6.07, 6.45) is 2.26. The minimum absolute atomic E-state index is 0.255. The van der Waals surface area contributed by atoms with E-state index >= 15 is 0 Å². The van der Waals surface area contributed by atoms with Crippen LogP contribution in [0.15, 0.2) is 10.0 Å². The Kier molecular flexibility index (Phi) is 2.45. The summed E-state index contributed by atoms with van der Waals surface area (Å²) in [7, 11) is 0. The van der Waals surface area contributed by atoms with Crippen molar-refractivity contribution < 1.29 is 4.52 Å². The van der Waals surface area contributed by atoms with Crippen molar-refractivity contribution in [2.45, 2.75) is 25.8 Å². The molecule has 2 aromatic rings. The lowest BCUT2D eigenvalue weighted by Gasteiger charge is -2.01. The molecule has 0 amide bonds. The van der Waals surface area contributed by atoms with E-state index in [0.717, 1.165) is 29.4 Å². The standard InChI is InChI=1S/C10H12N4OS/c1-6-8(16-5-12-6)10-13-9(14-15-10)7-3-2-4-11-7/h5,7,11H,2-4H2,1H3. The highest BCUT2D eigenvalue weighted by Gasteiger charge is 2.22. The molecule has 2 aromatic heterocycles. The van der Waals surface area contributed by atoms with Crippen LogP contribution in [0.2, 0.25) is 0 Å². The summed E-state index contributed by atoms with van der Waals surface area (Å²) in [5.41, 5.74) is 2.74. The van der Waals surface area contributed by atoms with Gasteiger partial charge in [0.15, 0.2) is 5.82 Å². The lowest BCUT2D eigenvalue weighted by molar-refractivity contribution is 0.412. The summed E-state index contributed by atoms with van der Waals surface area (Å²) in [6, 6.07) is 0.255. The third-order valence-corrected chi connectivity index (χ3v) is 3.67. The molecule has 1 aliphatic rings. The molecule has 0 spiro atoms. The fourth-order valence-corrected chi connectivity index (χ4v) is 2.60. The molecule has 0 saturated carbocycles. The predicted octanol–water partition coefficient (Wildman–Crippen LogP) is 1.93. The summed E-state index contributed by atoms with van der Waals surface area (Å²) in [4.78, 5) is 9.57. The Balaban J connectivity index is 1.90. The Hall–Kier alpha value is -1.27. The summed E-state index contributed by atoms with van der Waals surface area (Å²) in [5, 5.41) is 7.37. The summed E-state index contributed by atoms with van der Waals surface area (Å²) in [5.74, 6) is 1.35. The van der Waals surface area contributed by atoms with Crippen molar-refractivity contribution in [3.05, 3.63) is 17.0 Å². The molecule has 0 radical (unpaired) electrons. The van der Waals surface area contributed by atoms with Gasteiger partial charge in [-0.15, -0.1) is 11.3 Å². The lowest BCUT2D eigenvalue weighted by atomic mass is 10.2. The van der Waals surface area contributed by atoms with Crippen molar-refractivity contribution >= 4 is 11.3 Å². The minimum atomic E-state index is 0.255. The third kappa shape index (κ3) is 1.64. The van der Waals surface area contributed by atoms with Crippen molar-refractivity contribution in [1.29, 1.82) is 0 Å². The van der Waals surface area contributed by atoms with E-state index in [2.05, 4.69) is 20.4 Å². The van der Waals surface area contributed by atoms with Gasteiger partial charge < -0.3 is 9.84 Å². The van der Waals surface area contributed by atoms with Gasteiger partial charge in [0.25, 0.3) is 5.89 Å². The van der Waals surface area contributed by atoms with Gasteiger partial charge in [0, 0.05) is 0 Å². The molecule has 0 aliphatic carbocycles. The van der Waals surface area contributed by atoms with E-state index in [0.29, 0.717) is 5.89 Å². The first-order valence-corrected chi connectivity index (χ1v) is 6.20. The van der Waals surface area contributed by atoms with Crippen molar-refractivity contribution in [3.63, 3.8) is 0 Å². The van der Waals surface area contributed by atoms with Crippen LogP contribution in [0.5, 0.6) is 0 Å². The molecule has 3 rings (SSSR count). The lowest BCUT2D eigenvalue weighted by Crippen LogP contribution is -2.14. The molecule has 84 valence electrons. The van der Waals surface area contributed by atoms with Gasteiger partial charge in [-0.2, -0.15) is 4.98 Å². The van der Waals surface area contributed by atoms with E-state index in [1.54, 1.807) is 5.51 Å². The smallest absolute Gasteiger partial charge is 0.269 e. The second-order valence-corrected chi connectivity index (χ2v) is 4.73. The molecule has 1 aliphatic heterocycles. The van der Waals surface area contributed by atoms with Crippen LogP contribution in [-0.4, -0.2) is 21.7 Å². The fraction of sp³-hybridized carbons (Fsp3) is 0.500. The Bertz CT molecular complexity index is 486. The van der Waals surface area contributed by atoms with E-state index in [1.165, 1.54) is 17.8 Å². The second-order valence-electron chi connectivity index (χ2n) is 3.87. The topological polar surface area (TPSA) is 63.8 Å². The van der Waals surface area contributed by atoms with Gasteiger partial charge in [-0.3, -0.25) is 0 Å². The number of rotatable bonds is 2. The van der Waals surface area contributed by atoms with Crippen LogP contribution < -0.4 is 5.32 Å². The predicted molar refractivity (Wildman–Crippen MR) is 60.1 cm³/mol. The highest BCUT2D eigenvalue weighted by molar-refractivity contribution is 7.13. The maximum atomic E-state index is 5.27. The first-order chi connectivity index (χ1) is 7.84. The summed E-state index contributed by atoms with van der Waals surface area (Å²) in [6.45, 7) is 2.98. The van der Waals surface area contributed by atoms with Crippen LogP contribution in [0, 0.1) is 6.92 Å². The zero-order valence-corrected chi connectivity index (χ0v) is 9.75. The quantitative estimate of drug-likeness (QED) is 0.863. The van der Waals surface area contributed by atoms with Crippen molar-refractivity contribution in [2.75, 3.05) is 6.54 Å². The highest BCUT2D eigenvalue weighted by Crippen LogP contribution is 2.28. The van der Waals surface area contributed by atoms with Gasteiger partial charge in [0.05, 0.1) is 17.2 Å². The first-order valence-electron chi connectivity index (χ1n) is 5.32. The molecule has 5 nitrogen and oxygen atoms in total. The van der Waals surface area contributed by atoms with Gasteiger partial charge in [-0.05, 0) is 26.3 Å². The van der Waals surface area contributed by atoms with E-state index in [1.807, 2.05) is 6.92 Å². The average Bonchev–Trinajstić information content (AvgIpc) is 2.96. The molecule has 6 heteroatoms. The molecule has 16 heavy (non-hydrogen) atoms. The highest BCUT2D eigenvalue weighted by atomic mass is 32.1. The number of nitrogens with zero attached hydrogens (tertiary/aromatic N) is 3. The molecular weight excluding hydrogens is 224 g/mol. The minimum Gasteiger partial charge on any atom is -0.333 e. The van der Waals surface area contributed by atoms with E-state index in [9.17, 15) is 0 Å². The number of nitrogens with one attached hydrogen (secondary N) is 1. The molecule has 1 saturated heterocycles. The summed E-state index contributed by atoms with van der Waals surface area (Å²) >= 11 is 1.53. The van der Waals surface area contributed by atoms with Gasteiger partial charge in [0.2, 0.25) is 0 Å². The van der Waals surface area contributed by atoms with Crippen molar-refractivity contribution in [2.24, 2.45) is 0 Å². The van der Waals surface area contributed by atoms with Crippen LogP contribution in [0.1, 0.15) is 30.4 Å². The van der Waals surface area contributed by atoms with Crippen LogP contribution in [-0.2, 0) is 0 Å². The van der Waals surface area contributed by atoms with Crippen LogP contribution in [0.3, 0.4) is 0 Å². The van der Waals surface area contributed by atoms with Crippen LogP contribution >= 0.6 is 11.3 Å². The molecule has 1 atom stereocenters. The Morgan fingerprint density at radius 2 is 2.50 bits per heavy atom. The first kappa shape index (κ1) is 9.92. The molecule has 1 N–H and O–H groups in total. The van der Waals surface area contributed by atoms with Crippen LogP contribution in [0.4, 0.5) is 0 Å². The van der Waals surface area contributed by atoms with Gasteiger partial charge in [0.1, 0.15) is 4.88 Å². The number of hydrogen-bond donors (Lipinski definition) is 1. The van der Waals surface area contributed by atoms with E-state index < -0.39 is 0 Å². The van der Waals surface area contributed by atoms with Crippen LogP contribution in [0.25, 0.3) is 10.8 Å². The van der Waals surface area contributed by atoms with Crippen molar-refractivity contribution in [3.8, 4) is 10.8 Å². The SMILES string of the molecule is Cc1ncsc1-c1nc(C2CCCN2)no1. The number of aryl methyl sites for hydroxylation is 1. The number of thiazole rings is 1. The molecule has 1 fully saturated rings. The Labute approximate surface area is 96.9 Å². The maximum Gasteiger partial charge on any atom is 0.269 e. The summed E-state index contributed by atoms with van der Waals surface area (Å²) < 4.78 is 5.27. The maximum absolute atomic E-state index is 5.27. The molecule has 3 heterocycles. The molecule has 0 bridgehead atoms. The zero-order valence-electron chi connectivity index (χ0n) is 8.93. The molecule has 0 aromatic carbocycles. The third-order valence-electron chi connectivity index (χ3n) is 2.75. The van der Waals surface area contributed by atoms with E-state index in [-0.39, 0.29) is 6.04 Å². The zero-order chi connectivity index (χ0) is 11.0.